The van der Waals surface area contributed by atoms with Crippen LogP contribution in [0.5, 0.6) is 23.0 Å². The van der Waals surface area contributed by atoms with Crippen LogP contribution < -0.4 is 24.8 Å². The van der Waals surface area contributed by atoms with Gasteiger partial charge in [0.15, 0.2) is 23.0 Å². The third kappa shape index (κ3) is 6.77. The average Bonchev–Trinajstić information content (AvgIpc) is 2.88. The first-order chi connectivity index (χ1) is 17.1. The molecule has 35 heavy (non-hydrogen) atoms. The lowest BCUT2D eigenvalue weighted by atomic mass is 10.1. The maximum atomic E-state index is 12.5. The van der Waals surface area contributed by atoms with Gasteiger partial charge < -0.3 is 30.0 Å². The molecule has 1 fully saturated rings. The van der Waals surface area contributed by atoms with Crippen molar-refractivity contribution in [3.05, 3.63) is 83.9 Å². The summed E-state index contributed by atoms with van der Waals surface area (Å²) in [5.41, 5.74) is 2.19. The van der Waals surface area contributed by atoms with Crippen LogP contribution in [-0.4, -0.2) is 37.3 Å². The molecule has 0 spiro atoms. The molecule has 0 bridgehead atoms. The highest BCUT2D eigenvalue weighted by atomic mass is 16.5. The molecule has 0 atom stereocenters. The number of aromatic hydroxyl groups is 1. The second kappa shape index (κ2) is 11.9. The molecule has 1 aliphatic rings. The van der Waals surface area contributed by atoms with Crippen LogP contribution in [0, 0.1) is 0 Å². The van der Waals surface area contributed by atoms with Gasteiger partial charge in [0.05, 0.1) is 7.11 Å². The van der Waals surface area contributed by atoms with E-state index in [1.54, 1.807) is 18.2 Å². The summed E-state index contributed by atoms with van der Waals surface area (Å²) in [6.45, 7) is 2.18. The Morgan fingerprint density at radius 1 is 1.03 bits per heavy atom. The zero-order valence-electron chi connectivity index (χ0n) is 19.7. The highest BCUT2D eigenvalue weighted by Gasteiger charge is 2.17. The Hall–Kier alpha value is -3.97. The van der Waals surface area contributed by atoms with Gasteiger partial charge in [-0.1, -0.05) is 36.4 Å². The van der Waals surface area contributed by atoms with Crippen molar-refractivity contribution in [1.82, 2.24) is 5.32 Å². The van der Waals surface area contributed by atoms with Crippen molar-refractivity contribution >= 4 is 17.7 Å². The number of phenolic OH excluding ortho intramolecular Hbond substituents is 1. The number of piperidine rings is 1. The van der Waals surface area contributed by atoms with E-state index in [-0.39, 0.29) is 24.4 Å². The van der Waals surface area contributed by atoms with Crippen LogP contribution in [-0.2, 0) is 11.4 Å². The second-order valence-corrected chi connectivity index (χ2v) is 8.21. The van der Waals surface area contributed by atoms with Gasteiger partial charge in [-0.25, -0.2) is 0 Å². The number of phenols is 1. The number of hydrogen-bond acceptors (Lipinski definition) is 6. The average molecular weight is 475 g/mol. The molecule has 3 aromatic carbocycles. The molecule has 1 aliphatic heterocycles. The molecule has 1 saturated heterocycles. The summed E-state index contributed by atoms with van der Waals surface area (Å²) in [7, 11) is 1.49. The van der Waals surface area contributed by atoms with Gasteiger partial charge in [-0.15, -0.1) is 0 Å². The van der Waals surface area contributed by atoms with E-state index >= 15 is 0 Å². The van der Waals surface area contributed by atoms with E-state index in [4.69, 9.17) is 14.2 Å². The lowest BCUT2D eigenvalue weighted by Crippen LogP contribution is -2.34. The summed E-state index contributed by atoms with van der Waals surface area (Å²) < 4.78 is 17.3. The summed E-state index contributed by atoms with van der Waals surface area (Å²) >= 11 is 0. The SMILES string of the molecule is COc1ccc(/C=C/C(=O)Nc2ccccc2COc2ccccc2OC2CCNCC2)cc1O. The lowest BCUT2D eigenvalue weighted by Gasteiger charge is -2.25. The molecule has 1 heterocycles. The van der Waals surface area contributed by atoms with Gasteiger partial charge in [-0.05, 0) is 67.9 Å². The third-order valence-electron chi connectivity index (χ3n) is 5.72. The fourth-order valence-electron chi connectivity index (χ4n) is 3.84. The van der Waals surface area contributed by atoms with Gasteiger partial charge in [-0.3, -0.25) is 4.79 Å². The number of carbonyl (C=O) groups is 1. The molecule has 0 radical (unpaired) electrons. The van der Waals surface area contributed by atoms with Gasteiger partial charge in [0.2, 0.25) is 5.91 Å². The van der Waals surface area contributed by atoms with E-state index in [9.17, 15) is 9.90 Å². The smallest absolute Gasteiger partial charge is 0.248 e. The van der Waals surface area contributed by atoms with Gasteiger partial charge in [0.1, 0.15) is 12.7 Å². The Bertz CT molecular complexity index is 1170. The minimum atomic E-state index is -0.289. The Morgan fingerprint density at radius 2 is 1.77 bits per heavy atom. The Morgan fingerprint density at radius 3 is 2.54 bits per heavy atom. The molecule has 0 saturated carbocycles. The number of carbonyl (C=O) groups excluding carboxylic acids is 1. The molecule has 7 heteroatoms. The number of para-hydroxylation sites is 3. The quantitative estimate of drug-likeness (QED) is 0.388. The topological polar surface area (TPSA) is 89.1 Å². The van der Waals surface area contributed by atoms with Crippen LogP contribution >= 0.6 is 0 Å². The summed E-state index contributed by atoms with van der Waals surface area (Å²) in [5, 5.41) is 16.2. The number of benzene rings is 3. The largest absolute Gasteiger partial charge is 0.504 e. The fourth-order valence-corrected chi connectivity index (χ4v) is 3.84. The molecule has 0 unspecified atom stereocenters. The van der Waals surface area contributed by atoms with Gasteiger partial charge in [0, 0.05) is 17.3 Å². The summed E-state index contributed by atoms with van der Waals surface area (Å²) in [5.74, 6) is 1.51. The standard InChI is InChI=1S/C28H30N2O5/c1-33-25-12-10-20(18-24(25)31)11-13-28(32)30-23-7-3-2-6-21(23)19-34-26-8-4-5-9-27(26)35-22-14-16-29-17-15-22/h2-13,18,22,29,31H,14-17,19H2,1H3,(H,30,32)/b13-11+. The van der Waals surface area contributed by atoms with Gasteiger partial charge in [0.25, 0.3) is 0 Å². The third-order valence-corrected chi connectivity index (χ3v) is 5.72. The van der Waals surface area contributed by atoms with Crippen LogP contribution in [0.3, 0.4) is 0 Å². The predicted octanol–water partition coefficient (Wildman–Crippen LogP) is 4.76. The van der Waals surface area contributed by atoms with E-state index in [1.165, 1.54) is 19.3 Å². The van der Waals surface area contributed by atoms with Crippen LogP contribution in [0.25, 0.3) is 6.08 Å². The molecule has 182 valence electrons. The molecule has 1 amide bonds. The highest BCUT2D eigenvalue weighted by molar-refractivity contribution is 6.02. The van der Waals surface area contributed by atoms with Crippen molar-refractivity contribution in [2.75, 3.05) is 25.5 Å². The van der Waals surface area contributed by atoms with Crippen molar-refractivity contribution in [2.24, 2.45) is 0 Å². The zero-order chi connectivity index (χ0) is 24.5. The number of rotatable bonds is 9. The maximum absolute atomic E-state index is 12.5. The Balaban J connectivity index is 1.39. The van der Waals surface area contributed by atoms with Crippen molar-refractivity contribution in [1.29, 1.82) is 0 Å². The van der Waals surface area contributed by atoms with Crippen LogP contribution in [0.15, 0.2) is 72.8 Å². The molecule has 3 N–H and O–H groups in total. The van der Waals surface area contributed by atoms with Crippen molar-refractivity contribution in [3.8, 4) is 23.0 Å². The van der Waals surface area contributed by atoms with Gasteiger partial charge in [-0.2, -0.15) is 0 Å². The fraction of sp³-hybridized carbons (Fsp3) is 0.250. The zero-order valence-corrected chi connectivity index (χ0v) is 19.7. The number of methoxy groups -OCH3 is 1. The number of nitrogens with one attached hydrogen (secondary N) is 2. The van der Waals surface area contributed by atoms with E-state index < -0.39 is 0 Å². The van der Waals surface area contributed by atoms with Crippen LogP contribution in [0.1, 0.15) is 24.0 Å². The van der Waals surface area contributed by atoms with Crippen molar-refractivity contribution in [3.63, 3.8) is 0 Å². The molecule has 0 aromatic heterocycles. The molecular weight excluding hydrogens is 444 g/mol. The highest BCUT2D eigenvalue weighted by Crippen LogP contribution is 2.30. The molecular formula is C28H30N2O5. The van der Waals surface area contributed by atoms with Crippen molar-refractivity contribution < 1.29 is 24.1 Å². The van der Waals surface area contributed by atoms with Crippen LogP contribution in [0.4, 0.5) is 5.69 Å². The van der Waals surface area contributed by atoms with E-state index in [0.29, 0.717) is 22.7 Å². The van der Waals surface area contributed by atoms with Crippen LogP contribution in [0.2, 0.25) is 0 Å². The summed E-state index contributed by atoms with van der Waals surface area (Å²) in [6, 6.07) is 20.1. The van der Waals surface area contributed by atoms with E-state index in [1.807, 2.05) is 48.5 Å². The monoisotopic (exact) mass is 474 g/mol. The molecule has 0 aliphatic carbocycles. The summed E-state index contributed by atoms with van der Waals surface area (Å²) in [6.07, 6.45) is 5.15. The number of anilines is 1. The number of amides is 1. The maximum Gasteiger partial charge on any atom is 0.248 e. The Kier molecular flexibility index (Phi) is 8.25. The number of ether oxygens (including phenoxy) is 3. The summed E-state index contributed by atoms with van der Waals surface area (Å²) in [4.78, 5) is 12.5. The predicted molar refractivity (Wildman–Crippen MR) is 136 cm³/mol. The first kappa shape index (κ1) is 24.2. The minimum Gasteiger partial charge on any atom is -0.504 e. The molecule has 3 aromatic rings. The first-order valence-corrected chi connectivity index (χ1v) is 11.7. The minimum absolute atomic E-state index is 0.0157. The normalized spacial score (nSPS) is 14.0. The lowest BCUT2D eigenvalue weighted by molar-refractivity contribution is -0.111. The van der Waals surface area contributed by atoms with E-state index in [2.05, 4.69) is 10.6 Å². The molecule has 4 rings (SSSR count). The van der Waals surface area contributed by atoms with Crippen molar-refractivity contribution in [2.45, 2.75) is 25.6 Å². The Labute approximate surface area is 205 Å². The second-order valence-electron chi connectivity index (χ2n) is 8.21. The van der Waals surface area contributed by atoms with E-state index in [0.717, 1.165) is 37.2 Å². The number of hydrogen-bond donors (Lipinski definition) is 3. The molecule has 7 nitrogen and oxygen atoms in total. The first-order valence-electron chi connectivity index (χ1n) is 11.7. The van der Waals surface area contributed by atoms with Gasteiger partial charge >= 0.3 is 0 Å².